The molecule has 2 N–H and O–H groups in total. The van der Waals surface area contributed by atoms with Crippen molar-refractivity contribution in [3.63, 3.8) is 0 Å². The predicted molar refractivity (Wildman–Crippen MR) is 70.1 cm³/mol. The molecular weight excluding hydrogens is 230 g/mol. The van der Waals surface area contributed by atoms with Gasteiger partial charge in [-0.05, 0) is 32.1 Å². The van der Waals surface area contributed by atoms with Crippen molar-refractivity contribution in [1.29, 1.82) is 0 Å². The van der Waals surface area contributed by atoms with Crippen LogP contribution < -0.4 is 5.32 Å². The lowest BCUT2D eigenvalue weighted by molar-refractivity contribution is -0.146. The molecule has 0 radical (unpaired) electrons. The zero-order chi connectivity index (χ0) is 13.5. The molecule has 0 aromatic rings. The van der Waals surface area contributed by atoms with Gasteiger partial charge < -0.3 is 10.4 Å². The Balaban J connectivity index is 2.51. The van der Waals surface area contributed by atoms with Crippen LogP contribution in [0.2, 0.25) is 0 Å². The fraction of sp³-hybridized carbons (Fsp3) is 0.714. The number of carboxylic acids is 1. The fourth-order valence-corrected chi connectivity index (χ4v) is 2.62. The van der Waals surface area contributed by atoms with Gasteiger partial charge in [0, 0.05) is 6.54 Å². The van der Waals surface area contributed by atoms with Crippen molar-refractivity contribution in [3.05, 3.63) is 12.2 Å². The minimum absolute atomic E-state index is 0.0946. The van der Waals surface area contributed by atoms with E-state index in [-0.39, 0.29) is 11.8 Å². The number of carbonyl (C=O) groups is 2. The van der Waals surface area contributed by atoms with E-state index in [2.05, 4.69) is 12.2 Å². The lowest BCUT2D eigenvalue weighted by Gasteiger charge is -2.15. The Bertz CT molecular complexity index is 325. The van der Waals surface area contributed by atoms with Gasteiger partial charge in [-0.2, -0.15) is 0 Å². The summed E-state index contributed by atoms with van der Waals surface area (Å²) in [7, 11) is 0. The lowest BCUT2D eigenvalue weighted by atomic mass is 9.95. The Kier molecular flexibility index (Phi) is 5.89. The molecule has 0 aromatic carbocycles. The maximum absolute atomic E-state index is 12.0. The first-order valence-corrected chi connectivity index (χ1v) is 6.71. The molecule has 0 aliphatic heterocycles. The first kappa shape index (κ1) is 14.7. The van der Waals surface area contributed by atoms with Crippen LogP contribution in [0.3, 0.4) is 0 Å². The van der Waals surface area contributed by atoms with Gasteiger partial charge in [-0.1, -0.05) is 25.5 Å². The Morgan fingerprint density at radius 2 is 2.00 bits per heavy atom. The first-order valence-electron chi connectivity index (χ1n) is 6.71. The second-order valence-corrected chi connectivity index (χ2v) is 4.95. The van der Waals surface area contributed by atoms with Crippen LogP contribution >= 0.6 is 0 Å². The average molecular weight is 253 g/mol. The Morgan fingerprint density at radius 1 is 1.33 bits per heavy atom. The summed E-state index contributed by atoms with van der Waals surface area (Å²) in [4.78, 5) is 23.1. The maximum atomic E-state index is 12.0. The topological polar surface area (TPSA) is 66.4 Å². The van der Waals surface area contributed by atoms with Crippen molar-refractivity contribution in [2.24, 2.45) is 17.8 Å². The number of carboxylic acid groups (broad SMARTS) is 1. The van der Waals surface area contributed by atoms with Crippen LogP contribution in [-0.2, 0) is 9.59 Å². The normalized spacial score (nSPS) is 27.6. The molecular formula is C14H23NO3. The summed E-state index contributed by atoms with van der Waals surface area (Å²) in [6.45, 7) is 4.57. The molecule has 3 atom stereocenters. The molecule has 1 amide bonds. The predicted octanol–water partition coefficient (Wildman–Crippen LogP) is 2.21. The molecule has 102 valence electrons. The zero-order valence-corrected chi connectivity index (χ0v) is 11.2. The second-order valence-electron chi connectivity index (χ2n) is 4.95. The molecule has 18 heavy (non-hydrogen) atoms. The van der Waals surface area contributed by atoms with Gasteiger partial charge in [-0.3, -0.25) is 9.59 Å². The minimum atomic E-state index is -0.834. The van der Waals surface area contributed by atoms with Crippen LogP contribution in [0.25, 0.3) is 0 Å². The van der Waals surface area contributed by atoms with Crippen LogP contribution in [0.15, 0.2) is 12.2 Å². The van der Waals surface area contributed by atoms with E-state index in [0.29, 0.717) is 25.3 Å². The molecule has 0 aromatic heterocycles. The standard InChI is InChI=1S/C14H23NO3/c1-3-5-6-7-15-13(16)11-8-10(4-2)9-12(11)14(17)18/h3,5,10-12H,4,6-9H2,1-2H3,(H,15,16)(H,17,18)/b5-3+/t10?,11-,12+/m0/s1. The summed E-state index contributed by atoms with van der Waals surface area (Å²) in [5, 5.41) is 12.0. The highest BCUT2D eigenvalue weighted by atomic mass is 16.4. The third-order valence-corrected chi connectivity index (χ3v) is 3.74. The highest BCUT2D eigenvalue weighted by molar-refractivity contribution is 5.85. The molecule has 0 spiro atoms. The van der Waals surface area contributed by atoms with Crippen LogP contribution in [0, 0.1) is 17.8 Å². The van der Waals surface area contributed by atoms with Gasteiger partial charge in [0.1, 0.15) is 0 Å². The van der Waals surface area contributed by atoms with E-state index in [1.54, 1.807) is 0 Å². The van der Waals surface area contributed by atoms with Crippen molar-refractivity contribution in [2.45, 2.75) is 39.5 Å². The number of nitrogens with one attached hydrogen (secondary N) is 1. The first-order chi connectivity index (χ1) is 8.60. The fourth-order valence-electron chi connectivity index (χ4n) is 2.62. The highest BCUT2D eigenvalue weighted by Gasteiger charge is 2.41. The second kappa shape index (κ2) is 7.19. The number of hydrogen-bond donors (Lipinski definition) is 2. The quantitative estimate of drug-likeness (QED) is 0.563. The third-order valence-electron chi connectivity index (χ3n) is 3.74. The molecule has 1 aliphatic rings. The van der Waals surface area contributed by atoms with Gasteiger partial charge in [0.2, 0.25) is 5.91 Å². The Morgan fingerprint density at radius 3 is 2.56 bits per heavy atom. The van der Waals surface area contributed by atoms with Crippen LogP contribution in [0.4, 0.5) is 0 Å². The minimum Gasteiger partial charge on any atom is -0.481 e. The molecule has 1 fully saturated rings. The van der Waals surface area contributed by atoms with Gasteiger partial charge in [0.15, 0.2) is 0 Å². The van der Waals surface area contributed by atoms with E-state index >= 15 is 0 Å². The Labute approximate surface area is 108 Å². The van der Waals surface area contributed by atoms with Crippen LogP contribution in [0.1, 0.15) is 39.5 Å². The summed E-state index contributed by atoms with van der Waals surface area (Å²) >= 11 is 0. The van der Waals surface area contributed by atoms with Crippen molar-refractivity contribution in [1.82, 2.24) is 5.32 Å². The average Bonchev–Trinajstić information content (AvgIpc) is 2.78. The highest BCUT2D eigenvalue weighted by Crippen LogP contribution is 2.38. The molecule has 4 nitrogen and oxygen atoms in total. The molecule has 1 unspecified atom stereocenters. The summed E-state index contributed by atoms with van der Waals surface area (Å²) in [5.41, 5.74) is 0. The molecule has 0 bridgehead atoms. The van der Waals surface area contributed by atoms with E-state index in [1.807, 2.05) is 19.1 Å². The maximum Gasteiger partial charge on any atom is 0.307 e. The zero-order valence-electron chi connectivity index (χ0n) is 11.2. The number of carbonyl (C=O) groups excluding carboxylic acids is 1. The summed E-state index contributed by atoms with van der Waals surface area (Å²) in [6.07, 6.45) is 7.02. The van der Waals surface area contributed by atoms with Crippen molar-refractivity contribution < 1.29 is 14.7 Å². The third kappa shape index (κ3) is 3.86. The van der Waals surface area contributed by atoms with Gasteiger partial charge in [-0.15, -0.1) is 0 Å². The number of aliphatic carboxylic acids is 1. The molecule has 4 heteroatoms. The van der Waals surface area contributed by atoms with Gasteiger partial charge in [0.25, 0.3) is 0 Å². The monoisotopic (exact) mass is 253 g/mol. The summed E-state index contributed by atoms with van der Waals surface area (Å²) in [6, 6.07) is 0. The smallest absolute Gasteiger partial charge is 0.307 e. The lowest BCUT2D eigenvalue weighted by Crippen LogP contribution is -2.35. The number of allylic oxidation sites excluding steroid dienone is 1. The Hall–Kier alpha value is -1.32. The SMILES string of the molecule is C/C=C/CCNC(=O)[C@H]1CC(CC)C[C@H]1C(=O)O. The van der Waals surface area contributed by atoms with E-state index in [1.165, 1.54) is 0 Å². The molecule has 0 heterocycles. The van der Waals surface area contributed by atoms with E-state index in [9.17, 15) is 9.59 Å². The summed E-state index contributed by atoms with van der Waals surface area (Å²) < 4.78 is 0. The van der Waals surface area contributed by atoms with Crippen LogP contribution in [-0.4, -0.2) is 23.5 Å². The van der Waals surface area contributed by atoms with Gasteiger partial charge in [-0.25, -0.2) is 0 Å². The number of rotatable bonds is 6. The largest absolute Gasteiger partial charge is 0.481 e. The van der Waals surface area contributed by atoms with Gasteiger partial charge in [0.05, 0.1) is 11.8 Å². The molecule has 1 aliphatic carbocycles. The van der Waals surface area contributed by atoms with Crippen molar-refractivity contribution in [3.8, 4) is 0 Å². The van der Waals surface area contributed by atoms with Crippen LogP contribution in [0.5, 0.6) is 0 Å². The summed E-state index contributed by atoms with van der Waals surface area (Å²) in [5.74, 6) is -1.41. The number of hydrogen-bond acceptors (Lipinski definition) is 2. The molecule has 0 saturated heterocycles. The molecule has 1 rings (SSSR count). The van der Waals surface area contributed by atoms with Gasteiger partial charge >= 0.3 is 5.97 Å². The van der Waals surface area contributed by atoms with E-state index in [4.69, 9.17) is 5.11 Å². The van der Waals surface area contributed by atoms with Crippen molar-refractivity contribution >= 4 is 11.9 Å². The number of amides is 1. The van der Waals surface area contributed by atoms with E-state index in [0.717, 1.165) is 12.8 Å². The van der Waals surface area contributed by atoms with Crippen molar-refractivity contribution in [2.75, 3.05) is 6.54 Å². The van der Waals surface area contributed by atoms with E-state index < -0.39 is 11.9 Å². The molecule has 1 saturated carbocycles.